The Morgan fingerprint density at radius 2 is 1.62 bits per heavy atom. The van der Waals surface area contributed by atoms with Crippen molar-refractivity contribution in [3.8, 4) is 5.75 Å². The molecular formula is C23H27N3O3. The number of ether oxygens (including phenoxy) is 1. The highest BCUT2D eigenvalue weighted by Crippen LogP contribution is 2.28. The van der Waals surface area contributed by atoms with E-state index in [4.69, 9.17) is 4.74 Å². The normalized spacial score (nSPS) is 15.5. The molecule has 29 heavy (non-hydrogen) atoms. The van der Waals surface area contributed by atoms with Crippen molar-refractivity contribution in [2.75, 3.05) is 7.11 Å². The molecule has 3 amide bonds. The molecule has 0 bridgehead atoms. The second kappa shape index (κ2) is 8.55. The Balaban J connectivity index is 1.33. The van der Waals surface area contributed by atoms with Crippen LogP contribution in [0.15, 0.2) is 48.5 Å². The van der Waals surface area contributed by atoms with Gasteiger partial charge in [0.2, 0.25) is 0 Å². The smallest absolute Gasteiger partial charge is 0.318 e. The van der Waals surface area contributed by atoms with Crippen molar-refractivity contribution < 1.29 is 14.3 Å². The van der Waals surface area contributed by atoms with Gasteiger partial charge in [-0.2, -0.15) is 0 Å². The fraction of sp³-hybridized carbons (Fsp3) is 0.391. The molecule has 2 aliphatic carbocycles. The summed E-state index contributed by atoms with van der Waals surface area (Å²) in [5, 5.41) is 6.01. The Bertz CT molecular complexity index is 856. The highest BCUT2D eigenvalue weighted by atomic mass is 16.5. The summed E-state index contributed by atoms with van der Waals surface area (Å²) in [6.07, 6.45) is 4.23. The predicted octanol–water partition coefficient (Wildman–Crippen LogP) is 3.46. The maximum atomic E-state index is 12.8. The van der Waals surface area contributed by atoms with Crippen LogP contribution in [-0.2, 0) is 13.1 Å². The number of nitrogens with one attached hydrogen (secondary N) is 2. The van der Waals surface area contributed by atoms with Crippen LogP contribution in [0, 0.1) is 0 Å². The van der Waals surface area contributed by atoms with Crippen LogP contribution in [-0.4, -0.2) is 36.0 Å². The van der Waals surface area contributed by atoms with Crippen molar-refractivity contribution in [1.29, 1.82) is 0 Å². The minimum atomic E-state index is -0.0566. The lowest BCUT2D eigenvalue weighted by atomic mass is 10.1. The van der Waals surface area contributed by atoms with Crippen LogP contribution in [0.25, 0.3) is 0 Å². The second-order valence-corrected chi connectivity index (χ2v) is 7.81. The van der Waals surface area contributed by atoms with Crippen LogP contribution in [0.5, 0.6) is 5.75 Å². The number of nitrogens with zero attached hydrogens (tertiary/aromatic N) is 1. The first-order chi connectivity index (χ1) is 14.1. The van der Waals surface area contributed by atoms with Crippen LogP contribution in [0.4, 0.5) is 4.79 Å². The van der Waals surface area contributed by atoms with E-state index in [1.54, 1.807) is 7.11 Å². The van der Waals surface area contributed by atoms with E-state index in [-0.39, 0.29) is 11.9 Å². The lowest BCUT2D eigenvalue weighted by Crippen LogP contribution is -2.40. The summed E-state index contributed by atoms with van der Waals surface area (Å²) in [5.74, 6) is 0.782. The van der Waals surface area contributed by atoms with Crippen molar-refractivity contribution in [3.05, 3.63) is 65.2 Å². The summed E-state index contributed by atoms with van der Waals surface area (Å²) in [7, 11) is 1.64. The van der Waals surface area contributed by atoms with Gasteiger partial charge >= 0.3 is 6.03 Å². The SMILES string of the molecule is COc1ccc(CNC(=O)N(Cc2ccc(C(=O)NC3CC3)cc2)C2CC2)cc1. The molecule has 6 heteroatoms. The van der Waals surface area contributed by atoms with Gasteiger partial charge in [0.15, 0.2) is 0 Å². The molecule has 2 aromatic carbocycles. The molecule has 0 radical (unpaired) electrons. The number of methoxy groups -OCH3 is 1. The Morgan fingerprint density at radius 3 is 2.21 bits per heavy atom. The fourth-order valence-corrected chi connectivity index (χ4v) is 3.23. The van der Waals surface area contributed by atoms with Crippen LogP contribution >= 0.6 is 0 Å². The molecule has 2 fully saturated rings. The molecular weight excluding hydrogens is 366 g/mol. The third-order valence-electron chi connectivity index (χ3n) is 5.33. The summed E-state index contributed by atoms with van der Waals surface area (Å²) in [6, 6.07) is 15.8. The van der Waals surface area contributed by atoms with Crippen LogP contribution < -0.4 is 15.4 Å². The molecule has 4 rings (SSSR count). The van der Waals surface area contributed by atoms with Crippen molar-refractivity contribution in [1.82, 2.24) is 15.5 Å². The fourth-order valence-electron chi connectivity index (χ4n) is 3.23. The van der Waals surface area contributed by atoms with Gasteiger partial charge in [0.25, 0.3) is 5.91 Å². The molecule has 0 aromatic heterocycles. The van der Waals surface area contributed by atoms with Gasteiger partial charge in [0.1, 0.15) is 5.75 Å². The van der Waals surface area contributed by atoms with E-state index in [2.05, 4.69) is 10.6 Å². The molecule has 2 N–H and O–H groups in total. The van der Waals surface area contributed by atoms with E-state index < -0.39 is 0 Å². The number of amides is 3. The minimum absolute atomic E-state index is 0.0182. The van der Waals surface area contributed by atoms with E-state index in [1.807, 2.05) is 53.4 Å². The average molecular weight is 393 g/mol. The average Bonchev–Trinajstić information content (AvgIpc) is 3.66. The van der Waals surface area contributed by atoms with Gasteiger partial charge in [0.05, 0.1) is 7.11 Å². The summed E-state index contributed by atoms with van der Waals surface area (Å²) in [6.45, 7) is 1.02. The number of carbonyl (C=O) groups is 2. The lowest BCUT2D eigenvalue weighted by Gasteiger charge is -2.23. The summed E-state index contributed by atoms with van der Waals surface area (Å²) >= 11 is 0. The van der Waals surface area contributed by atoms with Gasteiger partial charge in [-0.15, -0.1) is 0 Å². The standard InChI is InChI=1S/C23H27N3O3/c1-29-21-12-4-16(5-13-21)14-24-23(28)26(20-10-11-20)15-17-2-6-18(7-3-17)22(27)25-19-8-9-19/h2-7,12-13,19-20H,8-11,14-15H2,1H3,(H,24,28)(H,25,27). The van der Waals surface area contributed by atoms with E-state index in [9.17, 15) is 9.59 Å². The Labute approximate surface area is 171 Å². The maximum absolute atomic E-state index is 12.8. The molecule has 0 saturated heterocycles. The molecule has 152 valence electrons. The monoisotopic (exact) mass is 393 g/mol. The van der Waals surface area contributed by atoms with E-state index in [0.717, 1.165) is 42.6 Å². The quantitative estimate of drug-likeness (QED) is 0.722. The topological polar surface area (TPSA) is 70.7 Å². The molecule has 0 heterocycles. The Kier molecular flexibility index (Phi) is 5.69. The molecule has 2 saturated carbocycles. The van der Waals surface area contributed by atoms with Crippen molar-refractivity contribution in [2.24, 2.45) is 0 Å². The third kappa shape index (κ3) is 5.28. The number of benzene rings is 2. The van der Waals surface area contributed by atoms with E-state index in [1.165, 1.54) is 0 Å². The van der Waals surface area contributed by atoms with Gasteiger partial charge in [0, 0.05) is 30.7 Å². The summed E-state index contributed by atoms with van der Waals surface area (Å²) in [5.41, 5.74) is 2.72. The first-order valence-electron chi connectivity index (χ1n) is 10.2. The number of carbonyl (C=O) groups excluding carboxylic acids is 2. The molecule has 0 atom stereocenters. The zero-order valence-corrected chi connectivity index (χ0v) is 16.7. The highest BCUT2D eigenvalue weighted by molar-refractivity contribution is 5.94. The molecule has 6 nitrogen and oxygen atoms in total. The second-order valence-electron chi connectivity index (χ2n) is 7.81. The Hall–Kier alpha value is -3.02. The minimum Gasteiger partial charge on any atom is -0.497 e. The lowest BCUT2D eigenvalue weighted by molar-refractivity contribution is 0.0951. The van der Waals surface area contributed by atoms with Gasteiger partial charge in [-0.3, -0.25) is 4.79 Å². The number of hydrogen-bond donors (Lipinski definition) is 2. The van der Waals surface area contributed by atoms with Crippen LogP contribution in [0.1, 0.15) is 47.2 Å². The summed E-state index contributed by atoms with van der Waals surface area (Å²) in [4.78, 5) is 26.8. The molecule has 0 aliphatic heterocycles. The first-order valence-corrected chi connectivity index (χ1v) is 10.2. The van der Waals surface area contributed by atoms with Gasteiger partial charge < -0.3 is 20.3 Å². The van der Waals surface area contributed by atoms with Gasteiger partial charge in [-0.25, -0.2) is 4.79 Å². The molecule has 2 aliphatic rings. The molecule has 0 unspecified atom stereocenters. The largest absolute Gasteiger partial charge is 0.497 e. The van der Waals surface area contributed by atoms with Crippen molar-refractivity contribution in [3.63, 3.8) is 0 Å². The van der Waals surface area contributed by atoms with Crippen molar-refractivity contribution in [2.45, 2.75) is 50.9 Å². The van der Waals surface area contributed by atoms with E-state index in [0.29, 0.717) is 30.7 Å². The summed E-state index contributed by atoms with van der Waals surface area (Å²) < 4.78 is 5.16. The number of rotatable bonds is 8. The number of urea groups is 1. The van der Waals surface area contributed by atoms with Crippen LogP contribution in [0.2, 0.25) is 0 Å². The molecule has 0 spiro atoms. The zero-order valence-electron chi connectivity index (χ0n) is 16.7. The highest BCUT2D eigenvalue weighted by Gasteiger charge is 2.32. The number of hydrogen-bond acceptors (Lipinski definition) is 3. The van der Waals surface area contributed by atoms with E-state index >= 15 is 0 Å². The van der Waals surface area contributed by atoms with Gasteiger partial charge in [-0.1, -0.05) is 24.3 Å². The van der Waals surface area contributed by atoms with Crippen LogP contribution in [0.3, 0.4) is 0 Å². The zero-order chi connectivity index (χ0) is 20.2. The maximum Gasteiger partial charge on any atom is 0.318 e. The Morgan fingerprint density at radius 1 is 0.966 bits per heavy atom. The third-order valence-corrected chi connectivity index (χ3v) is 5.33. The van der Waals surface area contributed by atoms with Gasteiger partial charge in [-0.05, 0) is 61.1 Å². The van der Waals surface area contributed by atoms with Crippen molar-refractivity contribution >= 4 is 11.9 Å². The predicted molar refractivity (Wildman–Crippen MR) is 111 cm³/mol. The molecule has 2 aromatic rings. The first kappa shape index (κ1) is 19.3.